The summed E-state index contributed by atoms with van der Waals surface area (Å²) in [4.78, 5) is 17.8. The summed E-state index contributed by atoms with van der Waals surface area (Å²) in [5.41, 5.74) is 10.8. The summed E-state index contributed by atoms with van der Waals surface area (Å²) >= 11 is 0. The molecule has 6 nitrogen and oxygen atoms in total. The van der Waals surface area contributed by atoms with Crippen LogP contribution < -0.4 is 16.8 Å². The van der Waals surface area contributed by atoms with Crippen molar-refractivity contribution in [1.29, 1.82) is 0 Å². The fourth-order valence-corrected chi connectivity index (χ4v) is 0.659. The summed E-state index contributed by atoms with van der Waals surface area (Å²) in [5.74, 6) is -0.0446. The summed E-state index contributed by atoms with van der Waals surface area (Å²) < 4.78 is 0. The van der Waals surface area contributed by atoms with Crippen LogP contribution in [-0.2, 0) is 4.79 Å². The number of hydrogen-bond donors (Lipinski definition) is 3. The molecular weight excluding hydrogens is 158 g/mol. The number of carbonyl (C=O) groups is 1. The number of carbonyl (C=O) groups excluding carboxylic acids is 1. The highest BCUT2D eigenvalue weighted by Crippen LogP contribution is 2.09. The van der Waals surface area contributed by atoms with Crippen LogP contribution in [-0.4, -0.2) is 22.4 Å². The van der Waals surface area contributed by atoms with Gasteiger partial charge in [0.2, 0.25) is 5.91 Å². The molecule has 0 bridgehead atoms. The minimum absolute atomic E-state index is 0.0151. The van der Waals surface area contributed by atoms with Gasteiger partial charge in [-0.15, -0.1) is 0 Å². The average Bonchev–Trinajstić information content (AvgIpc) is 2.03. The van der Waals surface area contributed by atoms with Gasteiger partial charge in [0.25, 0.3) is 0 Å². The van der Waals surface area contributed by atoms with E-state index < -0.39 is 5.91 Å². The van der Waals surface area contributed by atoms with Crippen molar-refractivity contribution in [2.24, 2.45) is 5.73 Å². The van der Waals surface area contributed by atoms with Gasteiger partial charge in [0.15, 0.2) is 5.82 Å². The van der Waals surface area contributed by atoms with Gasteiger partial charge >= 0.3 is 0 Å². The Morgan fingerprint density at radius 2 is 2.42 bits per heavy atom. The highest BCUT2D eigenvalue weighted by molar-refractivity contribution is 5.79. The molecule has 0 atom stereocenters. The number of nitrogens with zero attached hydrogens (tertiary/aromatic N) is 2. The second-order valence-electron chi connectivity index (χ2n) is 2.15. The Morgan fingerprint density at radius 1 is 1.67 bits per heavy atom. The van der Waals surface area contributed by atoms with Crippen molar-refractivity contribution in [3.63, 3.8) is 0 Å². The predicted octanol–water partition coefficient (Wildman–Crippen LogP) is -1.04. The van der Waals surface area contributed by atoms with E-state index in [0.717, 1.165) is 0 Å². The van der Waals surface area contributed by atoms with Gasteiger partial charge in [0.05, 0.1) is 18.4 Å². The minimum atomic E-state index is -0.465. The molecular formula is C6H9N5O. The van der Waals surface area contributed by atoms with E-state index >= 15 is 0 Å². The number of hydrogen-bond acceptors (Lipinski definition) is 5. The Hall–Kier alpha value is -1.85. The van der Waals surface area contributed by atoms with Crippen LogP contribution in [0.3, 0.4) is 0 Å². The largest absolute Gasteiger partial charge is 0.394 e. The predicted molar refractivity (Wildman–Crippen MR) is 44.1 cm³/mol. The lowest BCUT2D eigenvalue weighted by molar-refractivity contribution is -0.116. The number of nitrogen functional groups attached to an aromatic ring is 1. The van der Waals surface area contributed by atoms with E-state index in [0.29, 0.717) is 11.5 Å². The van der Waals surface area contributed by atoms with Gasteiger partial charge in [0.1, 0.15) is 6.33 Å². The smallest absolute Gasteiger partial charge is 0.236 e. The van der Waals surface area contributed by atoms with Gasteiger partial charge in [-0.3, -0.25) is 4.79 Å². The molecule has 1 rings (SSSR count). The van der Waals surface area contributed by atoms with Crippen LogP contribution in [0.2, 0.25) is 0 Å². The summed E-state index contributed by atoms with van der Waals surface area (Å²) in [6.45, 7) is 0.0151. The maximum absolute atomic E-state index is 10.4. The number of nitrogens with one attached hydrogen (secondary N) is 1. The van der Waals surface area contributed by atoms with Gasteiger partial charge in [-0.05, 0) is 0 Å². The summed E-state index contributed by atoms with van der Waals surface area (Å²) in [6.07, 6.45) is 2.77. The molecule has 0 aliphatic carbocycles. The van der Waals surface area contributed by atoms with Crippen molar-refractivity contribution in [2.75, 3.05) is 17.6 Å². The Morgan fingerprint density at radius 3 is 3.00 bits per heavy atom. The molecule has 64 valence electrons. The van der Waals surface area contributed by atoms with E-state index in [-0.39, 0.29) is 6.54 Å². The van der Waals surface area contributed by atoms with Crippen molar-refractivity contribution in [3.05, 3.63) is 12.5 Å². The topological polar surface area (TPSA) is 107 Å². The van der Waals surface area contributed by atoms with E-state index in [2.05, 4.69) is 15.3 Å². The third-order valence-corrected chi connectivity index (χ3v) is 1.17. The first-order valence-electron chi connectivity index (χ1n) is 3.28. The molecule has 0 spiro atoms. The second kappa shape index (κ2) is 3.51. The van der Waals surface area contributed by atoms with Crippen LogP contribution in [0.15, 0.2) is 12.5 Å². The first-order valence-corrected chi connectivity index (χ1v) is 3.28. The van der Waals surface area contributed by atoms with E-state index in [4.69, 9.17) is 11.5 Å². The third-order valence-electron chi connectivity index (χ3n) is 1.17. The van der Waals surface area contributed by atoms with Crippen molar-refractivity contribution in [3.8, 4) is 0 Å². The zero-order chi connectivity index (χ0) is 8.97. The number of primary amides is 1. The molecule has 6 heteroatoms. The first-order chi connectivity index (χ1) is 5.70. The molecule has 0 saturated heterocycles. The molecule has 0 aliphatic heterocycles. The molecule has 0 radical (unpaired) electrons. The Kier molecular flexibility index (Phi) is 2.42. The lowest BCUT2D eigenvalue weighted by Crippen LogP contribution is -2.22. The summed E-state index contributed by atoms with van der Waals surface area (Å²) in [5, 5.41) is 2.66. The number of nitrogens with two attached hydrogens (primary N) is 2. The zero-order valence-corrected chi connectivity index (χ0v) is 6.32. The molecule has 5 N–H and O–H groups in total. The van der Waals surface area contributed by atoms with Crippen molar-refractivity contribution >= 4 is 17.4 Å². The second-order valence-corrected chi connectivity index (χ2v) is 2.15. The number of aromatic nitrogens is 2. The van der Waals surface area contributed by atoms with E-state index in [1.807, 2.05) is 0 Å². The fraction of sp³-hybridized carbons (Fsp3) is 0.167. The number of anilines is 2. The monoisotopic (exact) mass is 167 g/mol. The SMILES string of the molecule is NC(=O)CNc1ncncc1N. The Bertz CT molecular complexity index is 287. The molecule has 1 aromatic heterocycles. The van der Waals surface area contributed by atoms with Crippen LogP contribution in [0, 0.1) is 0 Å². The van der Waals surface area contributed by atoms with Crippen molar-refractivity contribution in [1.82, 2.24) is 9.97 Å². The average molecular weight is 167 g/mol. The molecule has 1 heterocycles. The molecule has 12 heavy (non-hydrogen) atoms. The Labute approximate surface area is 69.0 Å². The van der Waals surface area contributed by atoms with Crippen LogP contribution in [0.1, 0.15) is 0 Å². The molecule has 0 aliphatic rings. The molecule has 0 unspecified atom stereocenters. The molecule has 0 fully saturated rings. The zero-order valence-electron chi connectivity index (χ0n) is 6.32. The Balaban J connectivity index is 2.63. The van der Waals surface area contributed by atoms with Crippen molar-refractivity contribution in [2.45, 2.75) is 0 Å². The normalized spacial score (nSPS) is 9.33. The van der Waals surface area contributed by atoms with E-state index in [1.165, 1.54) is 12.5 Å². The summed E-state index contributed by atoms with van der Waals surface area (Å²) in [7, 11) is 0. The highest BCUT2D eigenvalue weighted by Gasteiger charge is 1.99. The molecule has 1 aromatic rings. The van der Waals surface area contributed by atoms with Crippen LogP contribution in [0.25, 0.3) is 0 Å². The number of rotatable bonds is 3. The standard InChI is InChI=1S/C6H9N5O/c7-4-1-9-3-11-6(4)10-2-5(8)12/h1,3H,2,7H2,(H2,8,12)(H,9,10,11). The van der Waals surface area contributed by atoms with Gasteiger partial charge in [-0.2, -0.15) is 0 Å². The molecule has 1 amide bonds. The highest BCUT2D eigenvalue weighted by atomic mass is 16.1. The molecule has 0 saturated carbocycles. The quantitative estimate of drug-likeness (QED) is 0.532. The fourth-order valence-electron chi connectivity index (χ4n) is 0.659. The van der Waals surface area contributed by atoms with Gasteiger partial charge in [-0.25, -0.2) is 9.97 Å². The van der Waals surface area contributed by atoms with E-state index in [1.54, 1.807) is 0 Å². The van der Waals surface area contributed by atoms with Crippen LogP contribution in [0.5, 0.6) is 0 Å². The van der Waals surface area contributed by atoms with Crippen LogP contribution >= 0.6 is 0 Å². The van der Waals surface area contributed by atoms with Gasteiger partial charge in [-0.1, -0.05) is 0 Å². The lowest BCUT2D eigenvalue weighted by atomic mass is 10.4. The van der Waals surface area contributed by atoms with E-state index in [9.17, 15) is 4.79 Å². The number of amides is 1. The van der Waals surface area contributed by atoms with Crippen LogP contribution in [0.4, 0.5) is 11.5 Å². The summed E-state index contributed by atoms with van der Waals surface area (Å²) in [6, 6.07) is 0. The maximum Gasteiger partial charge on any atom is 0.236 e. The van der Waals surface area contributed by atoms with Gasteiger partial charge in [0, 0.05) is 0 Å². The van der Waals surface area contributed by atoms with Crippen molar-refractivity contribution < 1.29 is 4.79 Å². The molecule has 0 aromatic carbocycles. The lowest BCUT2D eigenvalue weighted by Gasteiger charge is -2.03. The minimum Gasteiger partial charge on any atom is -0.394 e. The van der Waals surface area contributed by atoms with Gasteiger partial charge < -0.3 is 16.8 Å². The maximum atomic E-state index is 10.4. The third kappa shape index (κ3) is 2.08. The first kappa shape index (κ1) is 8.25.